The van der Waals surface area contributed by atoms with Crippen molar-refractivity contribution in [1.82, 2.24) is 15.5 Å². The standard InChI is InChI=1S/C22H30BN3O4/c1-15-19(16(2)26-25-15)12-18(23-29-21(3,4)22(5,6)30-23)13-24-20(27)28-14-17-10-8-7-9-11-17/h7-12H,13-14H2,1-6H3,(H,24,27)(H,25,26). The first-order valence-electron chi connectivity index (χ1n) is 10.1. The lowest BCUT2D eigenvalue weighted by atomic mass is 9.76. The lowest BCUT2D eigenvalue weighted by molar-refractivity contribution is 0.00578. The van der Waals surface area contributed by atoms with E-state index in [4.69, 9.17) is 14.0 Å². The monoisotopic (exact) mass is 411 g/mol. The summed E-state index contributed by atoms with van der Waals surface area (Å²) in [7, 11) is -0.585. The Labute approximate surface area is 178 Å². The average Bonchev–Trinajstić information content (AvgIpc) is 3.12. The van der Waals surface area contributed by atoms with E-state index in [1.807, 2.05) is 78.0 Å². The van der Waals surface area contributed by atoms with Gasteiger partial charge in [0.2, 0.25) is 0 Å². The number of H-pyrrole nitrogens is 1. The fraction of sp³-hybridized carbons (Fsp3) is 0.455. The maximum atomic E-state index is 12.3. The Morgan fingerprint density at radius 3 is 2.37 bits per heavy atom. The lowest BCUT2D eigenvalue weighted by Crippen LogP contribution is -2.41. The predicted octanol–water partition coefficient (Wildman–Crippen LogP) is 3.97. The Morgan fingerprint density at radius 1 is 1.17 bits per heavy atom. The van der Waals surface area contributed by atoms with E-state index < -0.39 is 24.4 Å². The number of aryl methyl sites for hydroxylation is 2. The van der Waals surface area contributed by atoms with Crippen molar-refractivity contribution in [2.75, 3.05) is 6.54 Å². The number of carbonyl (C=O) groups is 1. The van der Waals surface area contributed by atoms with Gasteiger partial charge in [-0.15, -0.1) is 0 Å². The molecule has 30 heavy (non-hydrogen) atoms. The Morgan fingerprint density at radius 2 is 1.80 bits per heavy atom. The van der Waals surface area contributed by atoms with Crippen LogP contribution in [-0.4, -0.2) is 41.2 Å². The summed E-state index contributed by atoms with van der Waals surface area (Å²) in [5, 5.41) is 10.0. The van der Waals surface area contributed by atoms with Crippen LogP contribution in [0.5, 0.6) is 0 Å². The van der Waals surface area contributed by atoms with E-state index in [9.17, 15) is 4.79 Å². The molecule has 160 valence electrons. The quantitative estimate of drug-likeness (QED) is 0.703. The van der Waals surface area contributed by atoms with Crippen LogP contribution in [0, 0.1) is 13.8 Å². The summed E-state index contributed by atoms with van der Waals surface area (Å²) in [5.74, 6) is 0. The zero-order valence-corrected chi connectivity index (χ0v) is 18.5. The van der Waals surface area contributed by atoms with E-state index >= 15 is 0 Å². The molecule has 1 amide bonds. The largest absolute Gasteiger partial charge is 0.492 e. The number of amides is 1. The van der Waals surface area contributed by atoms with Crippen molar-refractivity contribution in [2.45, 2.75) is 59.4 Å². The molecule has 1 fully saturated rings. The van der Waals surface area contributed by atoms with Crippen LogP contribution in [0.4, 0.5) is 4.79 Å². The number of aromatic amines is 1. The first-order chi connectivity index (χ1) is 14.1. The fourth-order valence-electron chi connectivity index (χ4n) is 3.10. The number of nitrogens with zero attached hydrogens (tertiary/aromatic N) is 1. The fourth-order valence-corrected chi connectivity index (χ4v) is 3.10. The van der Waals surface area contributed by atoms with Gasteiger partial charge in [-0.3, -0.25) is 5.10 Å². The molecule has 1 aromatic heterocycles. The molecule has 1 aliphatic heterocycles. The number of benzene rings is 1. The molecule has 2 heterocycles. The Kier molecular flexibility index (Phi) is 6.38. The number of hydrogen-bond acceptors (Lipinski definition) is 5. The Hall–Kier alpha value is -2.58. The second-order valence-electron chi connectivity index (χ2n) is 8.57. The van der Waals surface area contributed by atoms with E-state index in [-0.39, 0.29) is 13.2 Å². The maximum Gasteiger partial charge on any atom is 0.492 e. The van der Waals surface area contributed by atoms with E-state index in [2.05, 4.69) is 15.5 Å². The summed E-state index contributed by atoms with van der Waals surface area (Å²) in [5.41, 5.74) is 3.52. The molecule has 0 atom stereocenters. The Balaban J connectivity index is 1.73. The maximum absolute atomic E-state index is 12.3. The molecule has 2 aromatic rings. The number of ether oxygens (including phenoxy) is 1. The van der Waals surface area contributed by atoms with Gasteiger partial charge in [-0.25, -0.2) is 4.79 Å². The van der Waals surface area contributed by atoms with Crippen LogP contribution in [0.2, 0.25) is 0 Å². The summed E-state index contributed by atoms with van der Waals surface area (Å²) < 4.78 is 17.7. The van der Waals surface area contributed by atoms with Crippen LogP contribution >= 0.6 is 0 Å². The highest BCUT2D eigenvalue weighted by Crippen LogP contribution is 2.38. The summed E-state index contributed by atoms with van der Waals surface area (Å²) in [4.78, 5) is 12.3. The van der Waals surface area contributed by atoms with Gasteiger partial charge in [0, 0.05) is 17.8 Å². The van der Waals surface area contributed by atoms with E-state index in [0.717, 1.165) is 28.0 Å². The average molecular weight is 411 g/mol. The number of rotatable bonds is 6. The highest BCUT2D eigenvalue weighted by atomic mass is 16.7. The van der Waals surface area contributed by atoms with Gasteiger partial charge < -0.3 is 19.4 Å². The van der Waals surface area contributed by atoms with Gasteiger partial charge in [0.25, 0.3) is 0 Å². The van der Waals surface area contributed by atoms with Gasteiger partial charge in [0.05, 0.1) is 16.9 Å². The molecule has 0 unspecified atom stereocenters. The highest BCUT2D eigenvalue weighted by molar-refractivity contribution is 6.56. The molecule has 2 N–H and O–H groups in total. The highest BCUT2D eigenvalue weighted by Gasteiger charge is 2.52. The van der Waals surface area contributed by atoms with Crippen molar-refractivity contribution in [2.24, 2.45) is 0 Å². The van der Waals surface area contributed by atoms with Crippen molar-refractivity contribution in [3.05, 3.63) is 58.3 Å². The second kappa shape index (κ2) is 8.66. The number of carbonyl (C=O) groups excluding carboxylic acids is 1. The molecule has 8 heteroatoms. The molecule has 0 aliphatic carbocycles. The van der Waals surface area contributed by atoms with Gasteiger partial charge in [0.1, 0.15) is 6.61 Å². The number of nitrogens with one attached hydrogen (secondary N) is 2. The van der Waals surface area contributed by atoms with Gasteiger partial charge in [-0.05, 0) is 52.6 Å². The van der Waals surface area contributed by atoms with Gasteiger partial charge in [0.15, 0.2) is 0 Å². The second-order valence-corrected chi connectivity index (χ2v) is 8.57. The molecule has 1 aliphatic rings. The Bertz CT molecular complexity index is 886. The van der Waals surface area contributed by atoms with Crippen molar-refractivity contribution < 1.29 is 18.8 Å². The third-order valence-electron chi connectivity index (χ3n) is 5.72. The normalized spacial score (nSPS) is 17.8. The van der Waals surface area contributed by atoms with Crippen LogP contribution < -0.4 is 5.32 Å². The molecule has 7 nitrogen and oxygen atoms in total. The van der Waals surface area contributed by atoms with Crippen molar-refractivity contribution >= 4 is 19.3 Å². The number of aromatic nitrogens is 2. The predicted molar refractivity (Wildman–Crippen MR) is 117 cm³/mol. The minimum absolute atomic E-state index is 0.210. The molecule has 0 radical (unpaired) electrons. The molecular weight excluding hydrogens is 381 g/mol. The molecule has 0 bridgehead atoms. The van der Waals surface area contributed by atoms with Crippen molar-refractivity contribution in [3.8, 4) is 0 Å². The first-order valence-corrected chi connectivity index (χ1v) is 10.1. The van der Waals surface area contributed by atoms with E-state index in [1.54, 1.807) is 0 Å². The summed E-state index contributed by atoms with van der Waals surface area (Å²) in [6.45, 7) is 12.3. The third-order valence-corrected chi connectivity index (χ3v) is 5.72. The molecule has 3 rings (SSSR count). The van der Waals surface area contributed by atoms with Gasteiger partial charge >= 0.3 is 13.2 Å². The van der Waals surface area contributed by atoms with Crippen LogP contribution in [0.3, 0.4) is 0 Å². The molecule has 0 saturated carbocycles. The number of alkyl carbamates (subject to hydrolysis) is 1. The lowest BCUT2D eigenvalue weighted by Gasteiger charge is -2.32. The van der Waals surface area contributed by atoms with Crippen LogP contribution in [0.1, 0.15) is 50.2 Å². The SMILES string of the molecule is Cc1n[nH]c(C)c1C=C(CNC(=O)OCc1ccccc1)B1OC(C)(C)C(C)(C)O1. The van der Waals surface area contributed by atoms with Gasteiger partial charge in [-0.1, -0.05) is 36.4 Å². The van der Waals surface area contributed by atoms with Crippen molar-refractivity contribution in [3.63, 3.8) is 0 Å². The third kappa shape index (κ3) is 4.94. The van der Waals surface area contributed by atoms with E-state index in [1.165, 1.54) is 0 Å². The summed E-state index contributed by atoms with van der Waals surface area (Å²) >= 11 is 0. The van der Waals surface area contributed by atoms with Crippen LogP contribution in [0.15, 0.2) is 35.8 Å². The minimum atomic E-state index is -0.585. The summed E-state index contributed by atoms with van der Waals surface area (Å²) in [6, 6.07) is 9.56. The molecular formula is C22H30BN3O4. The first kappa shape index (κ1) is 22.1. The molecule has 0 spiro atoms. The minimum Gasteiger partial charge on any atom is -0.445 e. The van der Waals surface area contributed by atoms with Gasteiger partial charge in [-0.2, -0.15) is 5.10 Å². The van der Waals surface area contributed by atoms with Crippen LogP contribution in [-0.2, 0) is 20.7 Å². The summed E-state index contributed by atoms with van der Waals surface area (Å²) in [6.07, 6.45) is 1.47. The molecule has 1 saturated heterocycles. The van der Waals surface area contributed by atoms with E-state index in [0.29, 0.717) is 0 Å². The van der Waals surface area contributed by atoms with Crippen LogP contribution in [0.25, 0.3) is 6.08 Å². The number of hydrogen-bond donors (Lipinski definition) is 2. The zero-order valence-electron chi connectivity index (χ0n) is 18.5. The smallest absolute Gasteiger partial charge is 0.445 e. The molecule has 1 aromatic carbocycles. The van der Waals surface area contributed by atoms with Crippen molar-refractivity contribution in [1.29, 1.82) is 0 Å². The zero-order chi connectivity index (χ0) is 21.9. The topological polar surface area (TPSA) is 85.5 Å².